The van der Waals surface area contributed by atoms with E-state index in [-0.39, 0.29) is 29.6 Å². The second-order valence-corrected chi connectivity index (χ2v) is 7.83. The Balaban J connectivity index is 1.85. The van der Waals surface area contributed by atoms with Gasteiger partial charge in [0.2, 0.25) is 5.91 Å². The van der Waals surface area contributed by atoms with E-state index >= 15 is 0 Å². The van der Waals surface area contributed by atoms with E-state index in [4.69, 9.17) is 4.74 Å². The van der Waals surface area contributed by atoms with Crippen LogP contribution < -0.4 is 10.1 Å². The fourth-order valence-electron chi connectivity index (χ4n) is 2.93. The number of amides is 1. The van der Waals surface area contributed by atoms with Crippen molar-refractivity contribution in [3.63, 3.8) is 0 Å². The van der Waals surface area contributed by atoms with Crippen molar-refractivity contribution in [3.8, 4) is 11.5 Å². The Morgan fingerprint density at radius 3 is 2.57 bits per heavy atom. The summed E-state index contributed by atoms with van der Waals surface area (Å²) >= 11 is 3.43. The molecule has 0 fully saturated rings. The molecule has 0 aliphatic heterocycles. The first kappa shape index (κ1) is 21.5. The lowest BCUT2D eigenvalue weighted by molar-refractivity contribution is -0.384. The summed E-state index contributed by atoms with van der Waals surface area (Å²) in [5.41, 5.74) is 3.59. The highest BCUT2D eigenvalue weighted by Gasteiger charge is 2.16. The summed E-state index contributed by atoms with van der Waals surface area (Å²) in [6.45, 7) is 7.49. The first-order chi connectivity index (χ1) is 14.1. The van der Waals surface area contributed by atoms with Crippen molar-refractivity contribution >= 4 is 33.2 Å². The molecule has 3 aromatic rings. The van der Waals surface area contributed by atoms with Crippen LogP contribution in [0.3, 0.4) is 0 Å². The van der Waals surface area contributed by atoms with Crippen LogP contribution in [0.5, 0.6) is 11.5 Å². The summed E-state index contributed by atoms with van der Waals surface area (Å²) in [5.74, 6) is 0.508. The molecule has 0 spiro atoms. The Morgan fingerprint density at radius 2 is 1.93 bits per heavy atom. The molecule has 0 atom stereocenters. The van der Waals surface area contributed by atoms with Crippen LogP contribution in [-0.4, -0.2) is 20.6 Å². The maximum atomic E-state index is 12.5. The van der Waals surface area contributed by atoms with Crippen molar-refractivity contribution in [2.75, 3.05) is 5.32 Å². The van der Waals surface area contributed by atoms with Crippen molar-refractivity contribution in [3.05, 3.63) is 73.5 Å². The number of nitro groups is 1. The largest absolute Gasteiger partial charge is 0.457 e. The van der Waals surface area contributed by atoms with Crippen LogP contribution in [0.25, 0.3) is 0 Å². The molecule has 0 unspecified atom stereocenters. The lowest BCUT2D eigenvalue weighted by atomic mass is 10.1. The van der Waals surface area contributed by atoms with Crippen molar-refractivity contribution in [2.24, 2.45) is 0 Å². The summed E-state index contributed by atoms with van der Waals surface area (Å²) in [6.07, 6.45) is 0. The molecular weight excluding hydrogens is 452 g/mol. The molecule has 0 radical (unpaired) electrons. The summed E-state index contributed by atoms with van der Waals surface area (Å²) in [6, 6.07) is 9.91. The van der Waals surface area contributed by atoms with Crippen LogP contribution in [0.2, 0.25) is 0 Å². The first-order valence-corrected chi connectivity index (χ1v) is 9.97. The van der Waals surface area contributed by atoms with Crippen molar-refractivity contribution in [1.82, 2.24) is 9.78 Å². The number of rotatable bonds is 6. The predicted octanol–water partition coefficient (Wildman–Crippen LogP) is 5.22. The molecule has 0 aliphatic carbocycles. The number of nitrogens with one attached hydrogen (secondary N) is 1. The zero-order valence-corrected chi connectivity index (χ0v) is 18.6. The molecule has 1 aromatic heterocycles. The van der Waals surface area contributed by atoms with Gasteiger partial charge in [0.05, 0.1) is 32.5 Å². The van der Waals surface area contributed by atoms with E-state index in [0.29, 0.717) is 5.75 Å². The van der Waals surface area contributed by atoms with Crippen molar-refractivity contribution in [2.45, 2.75) is 34.2 Å². The number of hydrogen-bond acceptors (Lipinski definition) is 5. The van der Waals surface area contributed by atoms with Gasteiger partial charge in [0, 0.05) is 12.1 Å². The minimum Gasteiger partial charge on any atom is -0.457 e. The minimum atomic E-state index is -0.524. The molecule has 1 heterocycles. The lowest BCUT2D eigenvalue weighted by Crippen LogP contribution is -2.20. The van der Waals surface area contributed by atoms with Crippen LogP contribution in [0.15, 0.2) is 40.9 Å². The fourth-order valence-corrected chi connectivity index (χ4v) is 3.21. The summed E-state index contributed by atoms with van der Waals surface area (Å²) in [5, 5.41) is 18.4. The summed E-state index contributed by atoms with van der Waals surface area (Å²) in [7, 11) is 0. The van der Waals surface area contributed by atoms with Crippen LogP contribution in [0, 0.1) is 37.8 Å². The third-order valence-corrected chi connectivity index (χ3v) is 5.69. The second-order valence-electron chi connectivity index (χ2n) is 7.03. The predicted molar refractivity (Wildman–Crippen MR) is 117 cm³/mol. The average molecular weight is 473 g/mol. The van der Waals surface area contributed by atoms with Crippen molar-refractivity contribution in [1.29, 1.82) is 0 Å². The van der Waals surface area contributed by atoms with E-state index in [1.807, 2.05) is 45.9 Å². The van der Waals surface area contributed by atoms with Gasteiger partial charge in [-0.3, -0.25) is 19.6 Å². The fraction of sp³-hybridized carbons (Fsp3) is 0.238. The Bertz CT molecular complexity index is 1140. The Morgan fingerprint density at radius 1 is 1.20 bits per heavy atom. The number of anilines is 1. The van der Waals surface area contributed by atoms with Crippen molar-refractivity contribution < 1.29 is 14.5 Å². The number of carbonyl (C=O) groups is 1. The number of aromatic nitrogens is 2. The van der Waals surface area contributed by atoms with E-state index in [0.717, 1.165) is 27.0 Å². The molecule has 1 amide bonds. The van der Waals surface area contributed by atoms with E-state index in [2.05, 4.69) is 26.3 Å². The molecule has 0 aliphatic rings. The molecule has 3 rings (SSSR count). The van der Waals surface area contributed by atoms with E-state index < -0.39 is 4.92 Å². The molecule has 0 bridgehead atoms. The SMILES string of the molecule is Cc1ccc(C)c(Oc2cc(NC(=O)Cn3nc(C)c(Br)c3C)cc([N+](=O)[O-])c2)c1. The highest BCUT2D eigenvalue weighted by atomic mass is 79.9. The Hall–Kier alpha value is -3.20. The number of ether oxygens (including phenoxy) is 1. The van der Waals surface area contributed by atoms with Crippen LogP contribution in [0.4, 0.5) is 11.4 Å². The third kappa shape index (κ3) is 4.85. The normalized spacial score (nSPS) is 10.7. The lowest BCUT2D eigenvalue weighted by Gasteiger charge is -2.12. The molecule has 156 valence electrons. The summed E-state index contributed by atoms with van der Waals surface area (Å²) in [4.78, 5) is 23.3. The number of benzene rings is 2. The maximum Gasteiger partial charge on any atom is 0.275 e. The maximum absolute atomic E-state index is 12.5. The zero-order chi connectivity index (χ0) is 22.0. The van der Waals surface area contributed by atoms with Crippen LogP contribution >= 0.6 is 15.9 Å². The smallest absolute Gasteiger partial charge is 0.275 e. The molecule has 0 saturated heterocycles. The number of halogens is 1. The number of non-ortho nitro benzene ring substituents is 1. The molecule has 2 aromatic carbocycles. The van der Waals surface area contributed by atoms with Gasteiger partial charge in [0.25, 0.3) is 5.69 Å². The van der Waals surface area contributed by atoms with E-state index in [1.54, 1.807) is 10.7 Å². The van der Waals surface area contributed by atoms with Gasteiger partial charge < -0.3 is 10.1 Å². The topological polar surface area (TPSA) is 99.3 Å². The Labute approximate surface area is 182 Å². The number of nitrogens with zero attached hydrogens (tertiary/aromatic N) is 3. The molecule has 0 saturated carbocycles. The monoisotopic (exact) mass is 472 g/mol. The van der Waals surface area contributed by atoms with Gasteiger partial charge in [0.1, 0.15) is 18.0 Å². The zero-order valence-electron chi connectivity index (χ0n) is 17.0. The number of aryl methyl sites for hydroxylation is 3. The second kappa shape index (κ2) is 8.66. The summed E-state index contributed by atoms with van der Waals surface area (Å²) < 4.78 is 8.29. The standard InChI is InChI=1S/C21H21BrN4O4/c1-12-5-6-13(2)19(7-12)30-18-9-16(8-17(10-18)26(28)29)23-20(27)11-25-15(4)21(22)14(3)24-25/h5-10H,11H2,1-4H3,(H,23,27). The number of nitro benzene ring substituents is 1. The van der Waals surface area contributed by atoms with E-state index in [9.17, 15) is 14.9 Å². The highest BCUT2D eigenvalue weighted by molar-refractivity contribution is 9.10. The number of carbonyl (C=O) groups excluding carboxylic acids is 1. The Kier molecular flexibility index (Phi) is 6.21. The third-order valence-electron chi connectivity index (χ3n) is 4.54. The van der Waals surface area contributed by atoms with Crippen LogP contribution in [-0.2, 0) is 11.3 Å². The molecular formula is C21H21BrN4O4. The first-order valence-electron chi connectivity index (χ1n) is 9.18. The van der Waals surface area contributed by atoms with E-state index in [1.165, 1.54) is 12.1 Å². The van der Waals surface area contributed by atoms with Crippen LogP contribution in [0.1, 0.15) is 22.5 Å². The molecule has 9 heteroatoms. The van der Waals surface area contributed by atoms with Gasteiger partial charge >= 0.3 is 0 Å². The van der Waals surface area contributed by atoms with Gasteiger partial charge in [-0.25, -0.2) is 0 Å². The quantitative estimate of drug-likeness (QED) is 0.391. The van der Waals surface area contributed by atoms with Gasteiger partial charge in [-0.2, -0.15) is 5.10 Å². The van der Waals surface area contributed by atoms with Gasteiger partial charge in [-0.15, -0.1) is 0 Å². The van der Waals surface area contributed by atoms with Gasteiger partial charge in [-0.05, 0) is 60.8 Å². The van der Waals surface area contributed by atoms with Gasteiger partial charge in [-0.1, -0.05) is 12.1 Å². The molecule has 8 nitrogen and oxygen atoms in total. The highest BCUT2D eigenvalue weighted by Crippen LogP contribution is 2.31. The molecule has 30 heavy (non-hydrogen) atoms. The number of hydrogen-bond donors (Lipinski definition) is 1. The minimum absolute atomic E-state index is 0.0197. The molecule has 1 N–H and O–H groups in total. The van der Waals surface area contributed by atoms with Gasteiger partial charge in [0.15, 0.2) is 0 Å². The average Bonchev–Trinajstić information content (AvgIpc) is 2.91.